The van der Waals surface area contributed by atoms with Gasteiger partial charge in [0.15, 0.2) is 0 Å². The number of ether oxygens (including phenoxy) is 1. The minimum Gasteiger partial charge on any atom is -0.494 e. The molecule has 17 heavy (non-hydrogen) atoms. The zero-order chi connectivity index (χ0) is 11.7. The van der Waals surface area contributed by atoms with E-state index >= 15 is 0 Å². The van der Waals surface area contributed by atoms with Gasteiger partial charge in [-0.15, -0.1) is 0 Å². The summed E-state index contributed by atoms with van der Waals surface area (Å²) in [6.07, 6.45) is 0. The van der Waals surface area contributed by atoms with Gasteiger partial charge in [-0.3, -0.25) is 0 Å². The lowest BCUT2D eigenvalue weighted by Gasteiger charge is -2.05. The molecule has 0 aliphatic carbocycles. The summed E-state index contributed by atoms with van der Waals surface area (Å²) in [5.41, 5.74) is 0. The Morgan fingerprint density at radius 1 is 0.882 bits per heavy atom. The molecule has 0 fully saturated rings. The monoisotopic (exact) mass is 220 g/mol. The van der Waals surface area contributed by atoms with Gasteiger partial charge in [0.1, 0.15) is 5.75 Å². The van der Waals surface area contributed by atoms with Gasteiger partial charge in [-0.1, -0.05) is 30.3 Å². The maximum absolute atomic E-state index is 5.49. The van der Waals surface area contributed by atoms with Gasteiger partial charge in [0.25, 0.3) is 0 Å². The van der Waals surface area contributed by atoms with Crippen LogP contribution in [0.25, 0.3) is 21.5 Å². The molecule has 3 aromatic carbocycles. The smallest absolute Gasteiger partial charge is 0.119 e. The lowest BCUT2D eigenvalue weighted by molar-refractivity contribution is 0.341. The SMILES string of the molecule is CCOc1ccc2[c]c3ccccc3[c]c2c1. The van der Waals surface area contributed by atoms with Crippen molar-refractivity contribution in [2.75, 3.05) is 6.61 Å². The molecule has 0 atom stereocenters. The van der Waals surface area contributed by atoms with Crippen molar-refractivity contribution in [2.24, 2.45) is 0 Å². The molecule has 0 bridgehead atoms. The predicted molar refractivity (Wildman–Crippen MR) is 70.3 cm³/mol. The van der Waals surface area contributed by atoms with Crippen LogP contribution < -0.4 is 4.74 Å². The highest BCUT2D eigenvalue weighted by molar-refractivity contribution is 5.97. The number of fused-ring (bicyclic) bond motifs is 2. The average molecular weight is 220 g/mol. The van der Waals surface area contributed by atoms with Gasteiger partial charge in [0.2, 0.25) is 0 Å². The van der Waals surface area contributed by atoms with Crippen LogP contribution >= 0.6 is 0 Å². The molecule has 0 unspecified atom stereocenters. The van der Waals surface area contributed by atoms with E-state index in [0.717, 1.165) is 27.3 Å². The van der Waals surface area contributed by atoms with E-state index in [2.05, 4.69) is 24.3 Å². The molecular formula is C16H12O. The third-order valence-electron chi connectivity index (χ3n) is 2.77. The molecule has 0 aliphatic rings. The molecule has 3 rings (SSSR count). The summed E-state index contributed by atoms with van der Waals surface area (Å²) in [7, 11) is 0. The Morgan fingerprint density at radius 2 is 1.53 bits per heavy atom. The highest BCUT2D eigenvalue weighted by atomic mass is 16.5. The fraction of sp³-hybridized carbons (Fsp3) is 0.125. The van der Waals surface area contributed by atoms with Gasteiger partial charge >= 0.3 is 0 Å². The molecule has 0 aromatic heterocycles. The summed E-state index contributed by atoms with van der Waals surface area (Å²) < 4.78 is 5.49. The van der Waals surface area contributed by atoms with Crippen molar-refractivity contribution < 1.29 is 4.74 Å². The van der Waals surface area contributed by atoms with Gasteiger partial charge in [-0.2, -0.15) is 0 Å². The minimum absolute atomic E-state index is 0.683. The zero-order valence-corrected chi connectivity index (χ0v) is 9.66. The van der Waals surface area contributed by atoms with Crippen LogP contribution in [0, 0.1) is 12.1 Å². The first-order valence-corrected chi connectivity index (χ1v) is 5.77. The van der Waals surface area contributed by atoms with Crippen LogP contribution in [-0.4, -0.2) is 6.61 Å². The number of benzene rings is 3. The van der Waals surface area contributed by atoms with E-state index in [1.807, 2.05) is 37.3 Å². The van der Waals surface area contributed by atoms with E-state index in [1.165, 1.54) is 0 Å². The van der Waals surface area contributed by atoms with E-state index in [-0.39, 0.29) is 0 Å². The second-order valence-corrected chi connectivity index (χ2v) is 3.94. The Morgan fingerprint density at radius 3 is 2.24 bits per heavy atom. The highest BCUT2D eigenvalue weighted by Crippen LogP contribution is 2.25. The number of hydrogen-bond acceptors (Lipinski definition) is 1. The van der Waals surface area contributed by atoms with Gasteiger partial charge in [0, 0.05) is 0 Å². The molecule has 1 nitrogen and oxygen atoms in total. The first-order chi connectivity index (χ1) is 8.36. The molecule has 82 valence electrons. The van der Waals surface area contributed by atoms with Gasteiger partial charge in [-0.05, 0) is 52.7 Å². The molecular weight excluding hydrogens is 208 g/mol. The first-order valence-electron chi connectivity index (χ1n) is 5.77. The molecule has 0 spiro atoms. The van der Waals surface area contributed by atoms with Crippen LogP contribution in [0.5, 0.6) is 5.75 Å². The molecule has 0 amide bonds. The molecule has 0 saturated carbocycles. The second-order valence-electron chi connectivity index (χ2n) is 3.94. The fourth-order valence-electron chi connectivity index (χ4n) is 1.98. The normalized spacial score (nSPS) is 10.9. The van der Waals surface area contributed by atoms with Crippen molar-refractivity contribution in [3.63, 3.8) is 0 Å². The Labute approximate surface area is 101 Å². The van der Waals surface area contributed by atoms with Crippen LogP contribution in [0.15, 0.2) is 42.5 Å². The Balaban J connectivity index is 2.25. The summed E-state index contributed by atoms with van der Waals surface area (Å²) >= 11 is 0. The van der Waals surface area contributed by atoms with E-state index in [0.29, 0.717) is 6.61 Å². The third kappa shape index (κ3) is 1.84. The second kappa shape index (κ2) is 4.10. The summed E-state index contributed by atoms with van der Waals surface area (Å²) in [5, 5.41) is 4.32. The molecule has 3 aromatic rings. The van der Waals surface area contributed by atoms with Gasteiger partial charge < -0.3 is 4.74 Å². The average Bonchev–Trinajstić information content (AvgIpc) is 2.36. The lowest BCUT2D eigenvalue weighted by Crippen LogP contribution is -1.90. The highest BCUT2D eigenvalue weighted by Gasteiger charge is 2.00. The van der Waals surface area contributed by atoms with Crippen LogP contribution in [0.2, 0.25) is 0 Å². The van der Waals surface area contributed by atoms with Gasteiger partial charge in [-0.25, -0.2) is 0 Å². The van der Waals surface area contributed by atoms with E-state index in [1.54, 1.807) is 0 Å². The van der Waals surface area contributed by atoms with E-state index in [4.69, 9.17) is 4.74 Å². The largest absolute Gasteiger partial charge is 0.494 e. The zero-order valence-electron chi connectivity index (χ0n) is 9.66. The van der Waals surface area contributed by atoms with Crippen LogP contribution in [0.3, 0.4) is 0 Å². The van der Waals surface area contributed by atoms with Crippen molar-refractivity contribution in [3.05, 3.63) is 54.6 Å². The molecule has 0 saturated heterocycles. The van der Waals surface area contributed by atoms with Crippen molar-refractivity contribution in [1.82, 2.24) is 0 Å². The third-order valence-corrected chi connectivity index (χ3v) is 2.77. The quantitative estimate of drug-likeness (QED) is 0.593. The topological polar surface area (TPSA) is 9.23 Å². The molecule has 0 aliphatic heterocycles. The summed E-state index contributed by atoms with van der Waals surface area (Å²) in [4.78, 5) is 0. The Bertz CT molecular complexity index is 670. The molecule has 2 radical (unpaired) electrons. The molecule has 0 N–H and O–H groups in total. The Kier molecular flexibility index (Phi) is 2.45. The lowest BCUT2D eigenvalue weighted by atomic mass is 10.0. The standard InChI is InChI=1S/C16H12O/c1-2-17-16-8-7-14-9-12-5-3-4-6-13(12)10-15(14)11-16/h3-8,11H,2H2,1H3. The fourth-order valence-corrected chi connectivity index (χ4v) is 1.98. The summed E-state index contributed by atoms with van der Waals surface area (Å²) in [6, 6.07) is 21.0. The maximum atomic E-state index is 5.49. The number of rotatable bonds is 2. The Hall–Kier alpha value is -2.02. The van der Waals surface area contributed by atoms with Crippen molar-refractivity contribution in [2.45, 2.75) is 6.92 Å². The van der Waals surface area contributed by atoms with Crippen molar-refractivity contribution in [1.29, 1.82) is 0 Å². The van der Waals surface area contributed by atoms with E-state index < -0.39 is 0 Å². The van der Waals surface area contributed by atoms with Crippen LogP contribution in [0.1, 0.15) is 6.92 Å². The maximum Gasteiger partial charge on any atom is 0.119 e. The number of hydrogen-bond donors (Lipinski definition) is 0. The van der Waals surface area contributed by atoms with Crippen molar-refractivity contribution in [3.8, 4) is 5.75 Å². The van der Waals surface area contributed by atoms with Crippen molar-refractivity contribution >= 4 is 21.5 Å². The van der Waals surface area contributed by atoms with Crippen LogP contribution in [-0.2, 0) is 0 Å². The van der Waals surface area contributed by atoms with E-state index in [9.17, 15) is 0 Å². The summed E-state index contributed by atoms with van der Waals surface area (Å²) in [6.45, 7) is 2.67. The minimum atomic E-state index is 0.683. The molecule has 1 heteroatoms. The van der Waals surface area contributed by atoms with Crippen LogP contribution in [0.4, 0.5) is 0 Å². The predicted octanol–water partition coefficient (Wildman–Crippen LogP) is 3.99. The van der Waals surface area contributed by atoms with Gasteiger partial charge in [0.05, 0.1) is 6.61 Å². The first kappa shape index (κ1) is 10.2. The molecule has 0 heterocycles. The summed E-state index contributed by atoms with van der Waals surface area (Å²) in [5.74, 6) is 0.889.